The molecule has 0 aliphatic heterocycles. The van der Waals surface area contributed by atoms with Crippen LogP contribution in [0, 0.1) is 6.92 Å². The third-order valence-corrected chi connectivity index (χ3v) is 6.05. The second kappa shape index (κ2) is 8.15. The molecule has 4 heteroatoms. The number of hydrogen-bond donors (Lipinski definition) is 1. The molecule has 1 heterocycles. The van der Waals surface area contributed by atoms with Crippen molar-refractivity contribution in [2.75, 3.05) is 13.6 Å². The molecule has 3 rings (SSSR count). The number of thiophene rings is 1. The highest BCUT2D eigenvalue weighted by Gasteiger charge is 2.15. The molecule has 1 amide bonds. The van der Waals surface area contributed by atoms with Gasteiger partial charge in [-0.15, -0.1) is 11.3 Å². The van der Waals surface area contributed by atoms with Crippen molar-refractivity contribution in [3.63, 3.8) is 0 Å². The van der Waals surface area contributed by atoms with Gasteiger partial charge in [-0.25, -0.2) is 0 Å². The van der Waals surface area contributed by atoms with Gasteiger partial charge in [0.25, 0.3) is 0 Å². The molecule has 0 spiro atoms. The van der Waals surface area contributed by atoms with E-state index >= 15 is 0 Å². The first-order valence-electron chi connectivity index (χ1n) is 9.15. The molecule has 1 unspecified atom stereocenters. The third kappa shape index (κ3) is 4.71. The minimum Gasteiger partial charge on any atom is -0.348 e. The lowest BCUT2D eigenvalue weighted by Crippen LogP contribution is -2.36. The molecule has 2 aromatic rings. The van der Waals surface area contributed by atoms with E-state index < -0.39 is 0 Å². The lowest BCUT2D eigenvalue weighted by Gasteiger charge is -2.21. The van der Waals surface area contributed by atoms with E-state index in [1.165, 1.54) is 52.8 Å². The number of hydrogen-bond acceptors (Lipinski definition) is 3. The number of likely N-dealkylation sites (N-methyl/N-ethyl adjacent to an activating group) is 1. The van der Waals surface area contributed by atoms with Crippen LogP contribution in [0.4, 0.5) is 0 Å². The van der Waals surface area contributed by atoms with Gasteiger partial charge in [0.1, 0.15) is 0 Å². The highest BCUT2D eigenvalue weighted by molar-refractivity contribution is 7.10. The van der Waals surface area contributed by atoms with Gasteiger partial charge in [0, 0.05) is 11.4 Å². The molecule has 25 heavy (non-hydrogen) atoms. The lowest BCUT2D eigenvalue weighted by molar-refractivity contribution is -0.122. The molecule has 1 aliphatic carbocycles. The summed E-state index contributed by atoms with van der Waals surface area (Å²) in [5.74, 6) is 0.0851. The molecule has 1 aliphatic rings. The summed E-state index contributed by atoms with van der Waals surface area (Å²) in [6, 6.07) is 8.90. The van der Waals surface area contributed by atoms with Crippen LogP contribution >= 0.6 is 11.3 Å². The van der Waals surface area contributed by atoms with Gasteiger partial charge in [-0.3, -0.25) is 9.69 Å². The molecule has 0 saturated heterocycles. The Morgan fingerprint density at radius 3 is 2.72 bits per heavy atom. The Bertz CT molecular complexity index is 737. The van der Waals surface area contributed by atoms with Gasteiger partial charge < -0.3 is 5.32 Å². The van der Waals surface area contributed by atoms with Gasteiger partial charge >= 0.3 is 0 Å². The van der Waals surface area contributed by atoms with E-state index in [0.717, 1.165) is 6.54 Å². The first-order valence-corrected chi connectivity index (χ1v) is 10.0. The van der Waals surface area contributed by atoms with Crippen molar-refractivity contribution in [2.45, 2.75) is 52.1 Å². The molecular weight excluding hydrogens is 328 g/mol. The summed E-state index contributed by atoms with van der Waals surface area (Å²) in [5, 5.41) is 5.26. The van der Waals surface area contributed by atoms with Gasteiger partial charge in [0.05, 0.1) is 12.6 Å². The number of fused-ring (bicyclic) bond motifs is 1. The average molecular weight is 357 g/mol. The topological polar surface area (TPSA) is 32.3 Å². The van der Waals surface area contributed by atoms with Crippen LogP contribution in [-0.4, -0.2) is 24.4 Å². The number of benzene rings is 1. The largest absolute Gasteiger partial charge is 0.348 e. The Morgan fingerprint density at radius 2 is 2.00 bits per heavy atom. The smallest absolute Gasteiger partial charge is 0.234 e. The van der Waals surface area contributed by atoms with Crippen molar-refractivity contribution < 1.29 is 4.79 Å². The lowest BCUT2D eigenvalue weighted by atomic mass is 9.89. The fraction of sp³-hybridized carbons (Fsp3) is 0.476. The summed E-state index contributed by atoms with van der Waals surface area (Å²) in [4.78, 5) is 15.8. The predicted octanol–water partition coefficient (Wildman–Crippen LogP) is 4.24. The van der Waals surface area contributed by atoms with Crippen molar-refractivity contribution in [2.24, 2.45) is 0 Å². The summed E-state index contributed by atoms with van der Waals surface area (Å²) < 4.78 is 0. The van der Waals surface area contributed by atoms with Crippen LogP contribution < -0.4 is 5.32 Å². The average Bonchev–Trinajstić information content (AvgIpc) is 2.98. The van der Waals surface area contributed by atoms with Crippen LogP contribution in [0.15, 0.2) is 29.6 Å². The molecular formula is C21H28N2OS. The van der Waals surface area contributed by atoms with Crippen molar-refractivity contribution in [3.8, 4) is 0 Å². The van der Waals surface area contributed by atoms with Gasteiger partial charge in [0.2, 0.25) is 5.91 Å². The molecule has 1 aromatic carbocycles. The number of nitrogens with zero attached hydrogens (tertiary/aromatic N) is 1. The molecule has 0 fully saturated rings. The number of amides is 1. The zero-order valence-corrected chi connectivity index (χ0v) is 16.3. The molecule has 1 aromatic heterocycles. The van der Waals surface area contributed by atoms with Crippen LogP contribution in [0.2, 0.25) is 0 Å². The van der Waals surface area contributed by atoms with Gasteiger partial charge in [-0.05, 0) is 80.3 Å². The van der Waals surface area contributed by atoms with Gasteiger partial charge in [-0.2, -0.15) is 0 Å². The maximum absolute atomic E-state index is 12.4. The van der Waals surface area contributed by atoms with E-state index in [1.807, 2.05) is 7.05 Å². The Kier molecular flexibility index (Phi) is 5.92. The second-order valence-electron chi connectivity index (χ2n) is 7.22. The number of nitrogens with one attached hydrogen (secondary N) is 1. The van der Waals surface area contributed by atoms with Crippen LogP contribution in [0.3, 0.4) is 0 Å². The molecule has 0 bridgehead atoms. The first kappa shape index (κ1) is 18.2. The molecule has 1 N–H and O–H groups in total. The van der Waals surface area contributed by atoms with Crippen LogP contribution in [0.1, 0.15) is 52.9 Å². The zero-order chi connectivity index (χ0) is 17.8. The highest BCUT2D eigenvalue weighted by Crippen LogP contribution is 2.24. The number of carbonyl (C=O) groups is 1. The quantitative estimate of drug-likeness (QED) is 0.839. The Hall–Kier alpha value is -1.65. The van der Waals surface area contributed by atoms with Crippen molar-refractivity contribution >= 4 is 17.2 Å². The van der Waals surface area contributed by atoms with Crippen molar-refractivity contribution in [1.29, 1.82) is 0 Å². The summed E-state index contributed by atoms with van der Waals surface area (Å²) in [7, 11) is 2.00. The number of carbonyl (C=O) groups excluding carboxylic acids is 1. The molecule has 1 atom stereocenters. The maximum Gasteiger partial charge on any atom is 0.234 e. The van der Waals surface area contributed by atoms with Gasteiger partial charge in [0.15, 0.2) is 0 Å². The van der Waals surface area contributed by atoms with Crippen molar-refractivity contribution in [1.82, 2.24) is 10.2 Å². The molecule has 0 saturated carbocycles. The number of aryl methyl sites for hydroxylation is 3. The van der Waals surface area contributed by atoms with E-state index in [-0.39, 0.29) is 11.9 Å². The first-order chi connectivity index (χ1) is 12.0. The van der Waals surface area contributed by atoms with Gasteiger partial charge in [-0.1, -0.05) is 18.2 Å². The normalized spacial score (nSPS) is 15.0. The highest BCUT2D eigenvalue weighted by atomic mass is 32.1. The van der Waals surface area contributed by atoms with E-state index in [9.17, 15) is 4.79 Å². The fourth-order valence-electron chi connectivity index (χ4n) is 3.51. The van der Waals surface area contributed by atoms with E-state index in [0.29, 0.717) is 6.54 Å². The van der Waals surface area contributed by atoms with Crippen LogP contribution in [0.5, 0.6) is 0 Å². The van der Waals surface area contributed by atoms with E-state index in [1.54, 1.807) is 11.3 Å². The Morgan fingerprint density at radius 1 is 1.24 bits per heavy atom. The summed E-state index contributed by atoms with van der Waals surface area (Å²) in [6.07, 6.45) is 4.95. The van der Waals surface area contributed by atoms with E-state index in [4.69, 9.17) is 0 Å². The summed E-state index contributed by atoms with van der Waals surface area (Å²) in [5.41, 5.74) is 5.47. The predicted molar refractivity (Wildman–Crippen MR) is 105 cm³/mol. The third-order valence-electron chi connectivity index (χ3n) is 5.05. The Labute approximate surface area is 155 Å². The monoisotopic (exact) mass is 356 g/mol. The summed E-state index contributed by atoms with van der Waals surface area (Å²) >= 11 is 1.76. The number of rotatable bonds is 6. The van der Waals surface area contributed by atoms with Crippen LogP contribution in [0.25, 0.3) is 0 Å². The van der Waals surface area contributed by atoms with E-state index in [2.05, 4.69) is 53.7 Å². The minimum atomic E-state index is 0.0524. The molecule has 3 nitrogen and oxygen atoms in total. The fourth-order valence-corrected chi connectivity index (χ4v) is 4.49. The molecule has 0 radical (unpaired) electrons. The standard InChI is InChI=1S/C21H28N2OS/c1-15-10-11-25-20(15)13-23(3)14-21(24)22-16(2)18-9-8-17-6-4-5-7-19(17)12-18/h8-12,16H,4-7,13-14H2,1-3H3,(H,22,24). The zero-order valence-electron chi connectivity index (χ0n) is 15.5. The van der Waals surface area contributed by atoms with Crippen molar-refractivity contribution in [3.05, 3.63) is 56.8 Å². The minimum absolute atomic E-state index is 0.0524. The summed E-state index contributed by atoms with van der Waals surface area (Å²) in [6.45, 7) is 5.44. The van der Waals surface area contributed by atoms with Crippen LogP contribution in [-0.2, 0) is 24.2 Å². The maximum atomic E-state index is 12.4. The second-order valence-corrected chi connectivity index (χ2v) is 8.22. The SMILES string of the molecule is Cc1ccsc1CN(C)CC(=O)NC(C)c1ccc2c(c1)CCCC2. The molecule has 134 valence electrons. The Balaban J connectivity index is 1.54.